The van der Waals surface area contributed by atoms with Crippen molar-refractivity contribution in [3.05, 3.63) is 83.4 Å². The van der Waals surface area contributed by atoms with E-state index >= 15 is 0 Å². The van der Waals surface area contributed by atoms with Crippen LogP contribution >= 0.6 is 0 Å². The highest BCUT2D eigenvalue weighted by Crippen LogP contribution is 2.41. The Morgan fingerprint density at radius 3 is 1.45 bits per heavy atom. The van der Waals surface area contributed by atoms with Crippen LogP contribution in [0.15, 0.2) is 61.2 Å². The Bertz CT molecular complexity index is 757. The molecule has 2 aromatic rings. The maximum Gasteiger partial charge on any atom is 0.0713 e. The molecule has 0 saturated heterocycles. The van der Waals surface area contributed by atoms with Crippen molar-refractivity contribution in [3.8, 4) is 0 Å². The minimum absolute atomic E-state index is 0.707. The zero-order valence-corrected chi connectivity index (χ0v) is 18.0. The maximum absolute atomic E-state index is 5.23. The van der Waals surface area contributed by atoms with E-state index in [0.29, 0.717) is 6.61 Å². The molecule has 0 bridgehead atoms. The molecule has 154 valence electrons. The molecule has 0 heterocycles. The van der Waals surface area contributed by atoms with Crippen LogP contribution in [0, 0.1) is 5.92 Å². The Morgan fingerprint density at radius 2 is 1.07 bits per heavy atom. The molecule has 29 heavy (non-hydrogen) atoms. The Kier molecular flexibility index (Phi) is 6.87. The molecular formula is C28H36O. The van der Waals surface area contributed by atoms with Gasteiger partial charge in [-0.25, -0.2) is 0 Å². The lowest BCUT2D eigenvalue weighted by Gasteiger charge is -2.30. The first kappa shape index (κ1) is 20.4. The molecule has 0 radical (unpaired) electrons. The zero-order valence-electron chi connectivity index (χ0n) is 18.0. The highest BCUT2D eigenvalue weighted by atomic mass is 16.5. The predicted molar refractivity (Wildman–Crippen MR) is 122 cm³/mol. The molecule has 0 N–H and O–H groups in total. The van der Waals surface area contributed by atoms with Crippen LogP contribution in [0.3, 0.4) is 0 Å². The van der Waals surface area contributed by atoms with Crippen molar-refractivity contribution < 1.29 is 4.74 Å². The Balaban J connectivity index is 1.31. The van der Waals surface area contributed by atoms with E-state index in [4.69, 9.17) is 4.74 Å². The van der Waals surface area contributed by atoms with Crippen LogP contribution in [0.4, 0.5) is 0 Å². The van der Waals surface area contributed by atoms with Gasteiger partial charge in [-0.15, -0.1) is 6.58 Å². The quantitative estimate of drug-likeness (QED) is 0.460. The van der Waals surface area contributed by atoms with Gasteiger partial charge in [0.05, 0.1) is 6.61 Å². The summed E-state index contributed by atoms with van der Waals surface area (Å²) in [4.78, 5) is 0. The number of allylic oxidation sites excluding steroid dienone is 1. The fourth-order valence-corrected chi connectivity index (χ4v) is 5.54. The van der Waals surface area contributed by atoms with Gasteiger partial charge in [-0.05, 0) is 97.3 Å². The van der Waals surface area contributed by atoms with E-state index in [1.807, 2.05) is 0 Å². The maximum atomic E-state index is 5.23. The van der Waals surface area contributed by atoms with Gasteiger partial charge in [0.2, 0.25) is 0 Å². The van der Waals surface area contributed by atoms with E-state index in [2.05, 4.69) is 61.2 Å². The molecule has 2 fully saturated rings. The third-order valence-electron chi connectivity index (χ3n) is 7.47. The molecule has 0 spiro atoms. The lowest BCUT2D eigenvalue weighted by Crippen LogP contribution is -2.13. The molecule has 1 nitrogen and oxygen atoms in total. The van der Waals surface area contributed by atoms with Crippen molar-refractivity contribution in [2.24, 2.45) is 5.92 Å². The molecule has 0 atom stereocenters. The van der Waals surface area contributed by atoms with Crippen LogP contribution in [0.25, 0.3) is 0 Å². The van der Waals surface area contributed by atoms with Gasteiger partial charge in [0.1, 0.15) is 0 Å². The molecule has 4 rings (SSSR count). The van der Waals surface area contributed by atoms with Crippen molar-refractivity contribution in [1.29, 1.82) is 0 Å². The van der Waals surface area contributed by atoms with E-state index in [1.165, 1.54) is 62.5 Å². The summed E-state index contributed by atoms with van der Waals surface area (Å²) in [6.07, 6.45) is 12.7. The van der Waals surface area contributed by atoms with Crippen molar-refractivity contribution in [1.82, 2.24) is 0 Å². The minimum Gasteiger partial charge on any atom is -0.380 e. The first-order chi connectivity index (χ1) is 14.3. The highest BCUT2D eigenvalue weighted by Gasteiger charge is 2.24. The van der Waals surface area contributed by atoms with Gasteiger partial charge < -0.3 is 4.74 Å². The largest absolute Gasteiger partial charge is 0.380 e. The van der Waals surface area contributed by atoms with Crippen LogP contribution < -0.4 is 0 Å². The third-order valence-corrected chi connectivity index (χ3v) is 7.47. The summed E-state index contributed by atoms with van der Waals surface area (Å²) in [6.45, 7) is 4.68. The number of benzene rings is 2. The van der Waals surface area contributed by atoms with Gasteiger partial charge in [-0.1, -0.05) is 54.6 Å². The van der Waals surface area contributed by atoms with Gasteiger partial charge in [0, 0.05) is 7.11 Å². The van der Waals surface area contributed by atoms with Crippen LogP contribution in [-0.2, 0) is 11.3 Å². The average molecular weight is 389 g/mol. The summed E-state index contributed by atoms with van der Waals surface area (Å²) < 4.78 is 5.23. The molecule has 0 amide bonds. The second kappa shape index (κ2) is 9.76. The van der Waals surface area contributed by atoms with E-state index < -0.39 is 0 Å². The highest BCUT2D eigenvalue weighted by molar-refractivity contribution is 5.30. The van der Waals surface area contributed by atoms with Gasteiger partial charge in [-0.3, -0.25) is 0 Å². The van der Waals surface area contributed by atoms with Crippen LogP contribution in [-0.4, -0.2) is 7.11 Å². The second-order valence-electron chi connectivity index (χ2n) is 9.24. The molecule has 2 saturated carbocycles. The van der Waals surface area contributed by atoms with Crippen LogP contribution in [0.5, 0.6) is 0 Å². The molecule has 2 aromatic carbocycles. The predicted octanol–water partition coefficient (Wildman–Crippen LogP) is 7.73. The summed E-state index contributed by atoms with van der Waals surface area (Å²) in [7, 11) is 1.76. The summed E-state index contributed by atoms with van der Waals surface area (Å²) in [5.74, 6) is 2.97. The van der Waals surface area contributed by atoms with Gasteiger partial charge >= 0.3 is 0 Å². The number of hydrogen-bond donors (Lipinski definition) is 0. The third kappa shape index (κ3) is 5.01. The Morgan fingerprint density at radius 1 is 0.690 bits per heavy atom. The van der Waals surface area contributed by atoms with Crippen molar-refractivity contribution in [3.63, 3.8) is 0 Å². The van der Waals surface area contributed by atoms with Crippen molar-refractivity contribution in [2.75, 3.05) is 7.11 Å². The molecule has 0 unspecified atom stereocenters. The summed E-state index contributed by atoms with van der Waals surface area (Å²) in [6, 6.07) is 18.8. The summed E-state index contributed by atoms with van der Waals surface area (Å²) >= 11 is 0. The topological polar surface area (TPSA) is 9.23 Å². The fourth-order valence-electron chi connectivity index (χ4n) is 5.54. The minimum atomic E-state index is 0.707. The smallest absolute Gasteiger partial charge is 0.0713 e. The molecule has 0 aromatic heterocycles. The molecule has 2 aliphatic carbocycles. The number of methoxy groups -OCH3 is 1. The van der Waals surface area contributed by atoms with Crippen LogP contribution in [0.2, 0.25) is 0 Å². The van der Waals surface area contributed by atoms with E-state index in [1.54, 1.807) is 18.2 Å². The molecule has 1 heteroatoms. The molecule has 2 aliphatic rings. The van der Waals surface area contributed by atoms with Crippen LogP contribution in [0.1, 0.15) is 91.4 Å². The summed E-state index contributed by atoms with van der Waals surface area (Å²) in [5.41, 5.74) is 5.89. The van der Waals surface area contributed by atoms with E-state index in [9.17, 15) is 0 Å². The monoisotopic (exact) mass is 388 g/mol. The first-order valence-electron chi connectivity index (χ1n) is 11.6. The van der Waals surface area contributed by atoms with Crippen molar-refractivity contribution in [2.45, 2.75) is 75.7 Å². The zero-order chi connectivity index (χ0) is 20.1. The average Bonchev–Trinajstić information content (AvgIpc) is 2.80. The molecular weight excluding hydrogens is 352 g/mol. The fraction of sp³-hybridized carbons (Fsp3) is 0.500. The number of hydrogen-bond acceptors (Lipinski definition) is 1. The first-order valence-corrected chi connectivity index (χ1v) is 11.6. The normalized spacial score (nSPS) is 27.5. The second-order valence-corrected chi connectivity index (χ2v) is 9.24. The Hall–Kier alpha value is -1.86. The SMILES string of the molecule is C=C[C@H]1CC[C@H](c2ccc([C@H]3CC[C@H](c4ccc(COC)cc4)CC3)cc2)CC1. The number of ether oxygens (including phenoxy) is 1. The van der Waals surface area contributed by atoms with E-state index in [0.717, 1.165) is 23.7 Å². The van der Waals surface area contributed by atoms with E-state index in [-0.39, 0.29) is 0 Å². The van der Waals surface area contributed by atoms with Gasteiger partial charge in [0.15, 0.2) is 0 Å². The lowest BCUT2D eigenvalue weighted by atomic mass is 9.75. The molecule has 0 aliphatic heterocycles. The van der Waals surface area contributed by atoms with Gasteiger partial charge in [0.25, 0.3) is 0 Å². The number of rotatable bonds is 6. The Labute approximate surface area is 177 Å². The van der Waals surface area contributed by atoms with Gasteiger partial charge in [-0.2, -0.15) is 0 Å². The standard InChI is InChI=1S/C28H36O/c1-3-21-4-8-23(9-5-21)25-12-16-27(17-13-25)28-18-14-26(15-19-28)24-10-6-22(7-11-24)20-29-2/h3,6-7,10-13,16-17,21,23,26,28H,1,4-5,8-9,14-15,18-20H2,2H3/t21-,23-,26-,28-. The summed E-state index contributed by atoms with van der Waals surface area (Å²) in [5, 5.41) is 0. The van der Waals surface area contributed by atoms with Crippen molar-refractivity contribution >= 4 is 0 Å². The lowest BCUT2D eigenvalue weighted by molar-refractivity contribution is 0.185.